The van der Waals surface area contributed by atoms with Crippen LogP contribution in [-0.2, 0) is 9.59 Å². The van der Waals surface area contributed by atoms with Gasteiger partial charge in [0.25, 0.3) is 0 Å². The SMILES string of the molecule is O=C(Nc1cccc2ccccc12)C(=O)N1CCN(c2ccccc2)CC1. The van der Waals surface area contributed by atoms with Crippen molar-refractivity contribution in [3.63, 3.8) is 0 Å². The van der Waals surface area contributed by atoms with E-state index in [1.165, 1.54) is 0 Å². The van der Waals surface area contributed by atoms with E-state index in [4.69, 9.17) is 0 Å². The zero-order valence-electron chi connectivity index (χ0n) is 15.0. The van der Waals surface area contributed by atoms with Crippen molar-refractivity contribution in [1.29, 1.82) is 0 Å². The zero-order chi connectivity index (χ0) is 18.6. The van der Waals surface area contributed by atoms with Crippen molar-refractivity contribution in [2.75, 3.05) is 36.4 Å². The smallest absolute Gasteiger partial charge is 0.313 e. The van der Waals surface area contributed by atoms with Crippen LogP contribution in [-0.4, -0.2) is 42.9 Å². The van der Waals surface area contributed by atoms with E-state index in [-0.39, 0.29) is 0 Å². The second-order valence-electron chi connectivity index (χ2n) is 6.60. The van der Waals surface area contributed by atoms with Crippen LogP contribution in [0, 0.1) is 0 Å². The van der Waals surface area contributed by atoms with Crippen molar-refractivity contribution in [2.45, 2.75) is 0 Å². The third kappa shape index (κ3) is 3.62. The zero-order valence-corrected chi connectivity index (χ0v) is 15.0. The number of benzene rings is 3. The average molecular weight is 359 g/mol. The molecule has 3 aromatic rings. The van der Waals surface area contributed by atoms with Crippen molar-refractivity contribution in [3.05, 3.63) is 72.8 Å². The maximum Gasteiger partial charge on any atom is 0.313 e. The molecule has 1 N–H and O–H groups in total. The van der Waals surface area contributed by atoms with E-state index < -0.39 is 11.8 Å². The Morgan fingerprint density at radius 2 is 1.41 bits per heavy atom. The van der Waals surface area contributed by atoms with Gasteiger partial charge in [-0.15, -0.1) is 0 Å². The van der Waals surface area contributed by atoms with E-state index in [2.05, 4.69) is 22.3 Å². The van der Waals surface area contributed by atoms with Crippen molar-refractivity contribution in [3.8, 4) is 0 Å². The highest BCUT2D eigenvalue weighted by Crippen LogP contribution is 2.23. The highest BCUT2D eigenvalue weighted by Gasteiger charge is 2.26. The van der Waals surface area contributed by atoms with Gasteiger partial charge in [0.2, 0.25) is 0 Å². The maximum absolute atomic E-state index is 12.6. The van der Waals surface area contributed by atoms with Crippen molar-refractivity contribution in [1.82, 2.24) is 4.90 Å². The summed E-state index contributed by atoms with van der Waals surface area (Å²) in [7, 11) is 0. The topological polar surface area (TPSA) is 52.7 Å². The summed E-state index contributed by atoms with van der Waals surface area (Å²) in [4.78, 5) is 28.9. The van der Waals surface area contributed by atoms with Gasteiger partial charge in [-0.05, 0) is 23.6 Å². The summed E-state index contributed by atoms with van der Waals surface area (Å²) >= 11 is 0. The summed E-state index contributed by atoms with van der Waals surface area (Å²) in [6.07, 6.45) is 0. The van der Waals surface area contributed by atoms with Gasteiger partial charge in [-0.1, -0.05) is 54.6 Å². The Morgan fingerprint density at radius 1 is 0.741 bits per heavy atom. The van der Waals surface area contributed by atoms with Gasteiger partial charge in [-0.25, -0.2) is 0 Å². The molecule has 5 nitrogen and oxygen atoms in total. The van der Waals surface area contributed by atoms with Crippen LogP contribution in [0.1, 0.15) is 0 Å². The van der Waals surface area contributed by atoms with Crippen LogP contribution in [0.15, 0.2) is 72.8 Å². The maximum atomic E-state index is 12.6. The van der Waals surface area contributed by atoms with Crippen LogP contribution >= 0.6 is 0 Å². The van der Waals surface area contributed by atoms with E-state index >= 15 is 0 Å². The van der Waals surface area contributed by atoms with Crippen LogP contribution in [0.5, 0.6) is 0 Å². The van der Waals surface area contributed by atoms with Gasteiger partial charge in [0.05, 0.1) is 0 Å². The predicted octanol–water partition coefficient (Wildman–Crippen LogP) is 3.13. The number of anilines is 2. The molecule has 0 unspecified atom stereocenters. The number of fused-ring (bicyclic) bond motifs is 1. The molecule has 0 aliphatic carbocycles. The molecule has 136 valence electrons. The second kappa shape index (κ2) is 7.50. The summed E-state index contributed by atoms with van der Waals surface area (Å²) < 4.78 is 0. The number of amides is 2. The molecule has 1 aliphatic rings. The van der Waals surface area contributed by atoms with Gasteiger partial charge in [-0.2, -0.15) is 0 Å². The van der Waals surface area contributed by atoms with E-state index in [9.17, 15) is 9.59 Å². The number of carbonyl (C=O) groups excluding carboxylic acids is 2. The normalized spacial score (nSPS) is 14.2. The minimum Gasteiger partial charge on any atom is -0.368 e. The Kier molecular flexibility index (Phi) is 4.75. The number of carbonyl (C=O) groups is 2. The molecule has 1 aliphatic heterocycles. The average Bonchev–Trinajstić information content (AvgIpc) is 2.74. The predicted molar refractivity (Wildman–Crippen MR) is 108 cm³/mol. The van der Waals surface area contributed by atoms with Crippen LogP contribution in [0.3, 0.4) is 0 Å². The third-order valence-corrected chi connectivity index (χ3v) is 4.92. The van der Waals surface area contributed by atoms with Gasteiger partial charge < -0.3 is 15.1 Å². The fourth-order valence-corrected chi connectivity index (χ4v) is 3.46. The van der Waals surface area contributed by atoms with E-state index in [0.717, 1.165) is 29.5 Å². The molecule has 1 heterocycles. The first kappa shape index (κ1) is 17.1. The summed E-state index contributed by atoms with van der Waals surface area (Å²) in [6.45, 7) is 2.52. The first-order valence-corrected chi connectivity index (χ1v) is 9.10. The minimum absolute atomic E-state index is 0.476. The molecule has 0 saturated carbocycles. The number of nitrogens with one attached hydrogen (secondary N) is 1. The molecule has 0 radical (unpaired) electrons. The number of piperazine rings is 1. The molecule has 5 heteroatoms. The number of hydrogen-bond acceptors (Lipinski definition) is 3. The highest BCUT2D eigenvalue weighted by atomic mass is 16.2. The summed E-state index contributed by atoms with van der Waals surface area (Å²) in [6, 6.07) is 23.6. The Labute approximate surface area is 158 Å². The quantitative estimate of drug-likeness (QED) is 0.715. The number of nitrogens with zero attached hydrogens (tertiary/aromatic N) is 2. The van der Waals surface area contributed by atoms with Gasteiger partial charge in [0, 0.05) is 42.9 Å². The number of hydrogen-bond donors (Lipinski definition) is 1. The first-order chi connectivity index (χ1) is 13.2. The van der Waals surface area contributed by atoms with Crippen LogP contribution < -0.4 is 10.2 Å². The minimum atomic E-state index is -0.584. The largest absolute Gasteiger partial charge is 0.368 e. The van der Waals surface area contributed by atoms with Crippen molar-refractivity contribution >= 4 is 34.0 Å². The first-order valence-electron chi connectivity index (χ1n) is 9.10. The van der Waals surface area contributed by atoms with Gasteiger partial charge in [0.15, 0.2) is 0 Å². The standard InChI is InChI=1S/C22H21N3O2/c26-21(23-20-12-6-8-17-7-4-5-11-19(17)20)22(27)25-15-13-24(14-16-25)18-9-2-1-3-10-18/h1-12H,13-16H2,(H,23,26). The summed E-state index contributed by atoms with van der Waals surface area (Å²) in [5.74, 6) is -1.06. The third-order valence-electron chi connectivity index (χ3n) is 4.92. The molecule has 27 heavy (non-hydrogen) atoms. The van der Waals surface area contributed by atoms with Crippen LogP contribution in [0.4, 0.5) is 11.4 Å². The Balaban J connectivity index is 1.40. The van der Waals surface area contributed by atoms with E-state index in [1.54, 1.807) is 4.90 Å². The van der Waals surface area contributed by atoms with E-state index in [1.807, 2.05) is 60.7 Å². The van der Waals surface area contributed by atoms with Gasteiger partial charge in [-0.3, -0.25) is 9.59 Å². The van der Waals surface area contributed by atoms with Gasteiger partial charge in [0.1, 0.15) is 0 Å². The molecule has 2 amide bonds. The fraction of sp³-hybridized carbons (Fsp3) is 0.182. The van der Waals surface area contributed by atoms with E-state index in [0.29, 0.717) is 18.8 Å². The summed E-state index contributed by atoms with van der Waals surface area (Å²) in [5.41, 5.74) is 1.80. The monoisotopic (exact) mass is 359 g/mol. The molecule has 1 saturated heterocycles. The van der Waals surface area contributed by atoms with Gasteiger partial charge >= 0.3 is 11.8 Å². The highest BCUT2D eigenvalue weighted by molar-refractivity contribution is 6.40. The molecular formula is C22H21N3O2. The Hall–Kier alpha value is -3.34. The lowest BCUT2D eigenvalue weighted by Gasteiger charge is -2.35. The number of rotatable bonds is 2. The molecule has 1 fully saturated rings. The van der Waals surface area contributed by atoms with Crippen LogP contribution in [0.25, 0.3) is 10.8 Å². The fourth-order valence-electron chi connectivity index (χ4n) is 3.46. The second-order valence-corrected chi connectivity index (χ2v) is 6.60. The molecular weight excluding hydrogens is 338 g/mol. The lowest BCUT2D eigenvalue weighted by atomic mass is 10.1. The molecule has 4 rings (SSSR count). The Bertz CT molecular complexity index is 958. The Morgan fingerprint density at radius 3 is 2.19 bits per heavy atom. The molecule has 0 aromatic heterocycles. The number of para-hydroxylation sites is 1. The molecule has 0 atom stereocenters. The van der Waals surface area contributed by atoms with Crippen molar-refractivity contribution < 1.29 is 9.59 Å². The van der Waals surface area contributed by atoms with Crippen molar-refractivity contribution in [2.24, 2.45) is 0 Å². The summed E-state index contributed by atoms with van der Waals surface area (Å²) in [5, 5.41) is 4.73. The molecule has 3 aromatic carbocycles. The molecule has 0 spiro atoms. The molecule has 0 bridgehead atoms. The lowest BCUT2D eigenvalue weighted by molar-refractivity contribution is -0.143. The lowest BCUT2D eigenvalue weighted by Crippen LogP contribution is -2.51. The van der Waals surface area contributed by atoms with Crippen LogP contribution in [0.2, 0.25) is 0 Å².